The Balaban J connectivity index is 2.15. The summed E-state index contributed by atoms with van der Waals surface area (Å²) in [5.74, 6) is 1.14. The summed E-state index contributed by atoms with van der Waals surface area (Å²) in [4.78, 5) is 2.26. The first-order valence-corrected chi connectivity index (χ1v) is 7.40. The molecule has 0 radical (unpaired) electrons. The molecule has 1 aromatic rings. The van der Waals surface area contributed by atoms with Gasteiger partial charge in [0, 0.05) is 29.2 Å². The molecule has 1 aliphatic carbocycles. The van der Waals surface area contributed by atoms with Gasteiger partial charge in [0.25, 0.3) is 0 Å². The van der Waals surface area contributed by atoms with Crippen LogP contribution in [-0.4, -0.2) is 36.8 Å². The highest BCUT2D eigenvalue weighted by Crippen LogP contribution is 2.36. The molecular formula is C15H23ClN2O2. The van der Waals surface area contributed by atoms with Gasteiger partial charge in [-0.15, -0.1) is 0 Å². The summed E-state index contributed by atoms with van der Waals surface area (Å²) >= 11 is 6.07. The van der Waals surface area contributed by atoms with E-state index in [-0.39, 0.29) is 5.75 Å². The van der Waals surface area contributed by atoms with Crippen LogP contribution in [0.2, 0.25) is 5.02 Å². The number of nitrogens with two attached hydrogens (primary N) is 1. The van der Waals surface area contributed by atoms with E-state index in [1.54, 1.807) is 12.1 Å². The average Bonchev–Trinajstić information content (AvgIpc) is 2.90. The maximum absolute atomic E-state index is 10.2. The topological polar surface area (TPSA) is 58.7 Å². The van der Waals surface area contributed by atoms with Gasteiger partial charge in [0.05, 0.1) is 7.11 Å². The lowest BCUT2D eigenvalue weighted by Crippen LogP contribution is -2.37. The second-order valence-electron chi connectivity index (χ2n) is 5.52. The minimum atomic E-state index is 0.172. The van der Waals surface area contributed by atoms with Crippen LogP contribution in [0.4, 0.5) is 0 Å². The van der Waals surface area contributed by atoms with Gasteiger partial charge in [-0.1, -0.05) is 18.0 Å². The van der Waals surface area contributed by atoms with Crippen LogP contribution in [-0.2, 0) is 6.54 Å². The molecule has 2 rings (SSSR count). The summed E-state index contributed by atoms with van der Waals surface area (Å²) in [6, 6.07) is 3.89. The van der Waals surface area contributed by atoms with Crippen molar-refractivity contribution >= 4 is 11.6 Å². The molecule has 1 saturated carbocycles. The van der Waals surface area contributed by atoms with Gasteiger partial charge < -0.3 is 15.6 Å². The Kier molecular flexibility index (Phi) is 5.13. The zero-order valence-corrected chi connectivity index (χ0v) is 12.9. The molecule has 1 aromatic carbocycles. The van der Waals surface area contributed by atoms with Gasteiger partial charge in [-0.25, -0.2) is 0 Å². The Bertz CT molecular complexity index is 467. The van der Waals surface area contributed by atoms with Crippen molar-refractivity contribution in [1.29, 1.82) is 0 Å². The van der Waals surface area contributed by atoms with Crippen molar-refractivity contribution in [2.45, 2.75) is 31.8 Å². The maximum Gasteiger partial charge on any atom is 0.162 e. The molecule has 0 spiro atoms. The predicted molar refractivity (Wildman–Crippen MR) is 81.3 cm³/mol. The van der Waals surface area contributed by atoms with E-state index in [0.717, 1.165) is 18.5 Å². The molecule has 2 atom stereocenters. The molecule has 1 aliphatic rings. The van der Waals surface area contributed by atoms with Crippen LogP contribution in [0.3, 0.4) is 0 Å². The van der Waals surface area contributed by atoms with E-state index in [1.165, 1.54) is 20.0 Å². The molecule has 0 saturated heterocycles. The minimum Gasteiger partial charge on any atom is -0.504 e. The van der Waals surface area contributed by atoms with E-state index >= 15 is 0 Å². The Morgan fingerprint density at radius 1 is 1.45 bits per heavy atom. The maximum atomic E-state index is 10.2. The lowest BCUT2D eigenvalue weighted by atomic mass is 10.0. The minimum absolute atomic E-state index is 0.172. The summed E-state index contributed by atoms with van der Waals surface area (Å²) in [5, 5.41) is 10.8. The number of halogens is 1. The van der Waals surface area contributed by atoms with E-state index in [0.29, 0.717) is 29.3 Å². The van der Waals surface area contributed by atoms with Gasteiger partial charge in [0.1, 0.15) is 0 Å². The molecule has 2 unspecified atom stereocenters. The molecule has 20 heavy (non-hydrogen) atoms. The van der Waals surface area contributed by atoms with Crippen molar-refractivity contribution in [2.24, 2.45) is 11.7 Å². The largest absolute Gasteiger partial charge is 0.504 e. The van der Waals surface area contributed by atoms with Crippen molar-refractivity contribution in [3.63, 3.8) is 0 Å². The normalized spacial score (nSPS) is 22.4. The molecule has 0 heterocycles. The van der Waals surface area contributed by atoms with Crippen LogP contribution < -0.4 is 10.5 Å². The zero-order chi connectivity index (χ0) is 14.7. The second kappa shape index (κ2) is 6.66. The zero-order valence-electron chi connectivity index (χ0n) is 12.1. The quantitative estimate of drug-likeness (QED) is 0.877. The van der Waals surface area contributed by atoms with Gasteiger partial charge >= 0.3 is 0 Å². The Labute approximate surface area is 125 Å². The van der Waals surface area contributed by atoms with Crippen molar-refractivity contribution < 1.29 is 9.84 Å². The first-order chi connectivity index (χ1) is 9.56. The first kappa shape index (κ1) is 15.4. The molecule has 0 bridgehead atoms. The lowest BCUT2D eigenvalue weighted by Gasteiger charge is -2.29. The average molecular weight is 299 g/mol. The smallest absolute Gasteiger partial charge is 0.162 e. The SMILES string of the molecule is COc1cc(Cl)cc(CN(C)C2CCCC2CN)c1O. The van der Waals surface area contributed by atoms with E-state index < -0.39 is 0 Å². The Morgan fingerprint density at radius 3 is 2.85 bits per heavy atom. The number of nitrogens with zero attached hydrogens (tertiary/aromatic N) is 1. The summed E-state index contributed by atoms with van der Waals surface area (Å²) in [5.41, 5.74) is 6.63. The van der Waals surface area contributed by atoms with Crippen molar-refractivity contribution in [3.8, 4) is 11.5 Å². The van der Waals surface area contributed by atoms with Crippen LogP contribution in [0.5, 0.6) is 11.5 Å². The molecule has 3 N–H and O–H groups in total. The molecule has 0 aliphatic heterocycles. The van der Waals surface area contributed by atoms with Crippen molar-refractivity contribution in [2.75, 3.05) is 20.7 Å². The number of ether oxygens (including phenoxy) is 1. The third kappa shape index (κ3) is 3.19. The number of phenols is 1. The highest BCUT2D eigenvalue weighted by molar-refractivity contribution is 6.30. The number of methoxy groups -OCH3 is 1. The fraction of sp³-hybridized carbons (Fsp3) is 0.600. The van der Waals surface area contributed by atoms with Gasteiger partial charge in [0.2, 0.25) is 0 Å². The molecule has 5 heteroatoms. The molecule has 0 amide bonds. The van der Waals surface area contributed by atoms with Gasteiger partial charge in [-0.3, -0.25) is 4.90 Å². The van der Waals surface area contributed by atoms with Crippen molar-refractivity contribution in [1.82, 2.24) is 4.90 Å². The van der Waals surface area contributed by atoms with Crippen LogP contribution in [0, 0.1) is 5.92 Å². The monoisotopic (exact) mass is 298 g/mol. The summed E-state index contributed by atoms with van der Waals surface area (Å²) in [6.07, 6.45) is 3.58. The number of phenolic OH excluding ortho intramolecular Hbond substituents is 1. The van der Waals surface area contributed by atoms with E-state index in [4.69, 9.17) is 22.1 Å². The van der Waals surface area contributed by atoms with E-state index in [1.807, 2.05) is 0 Å². The fourth-order valence-electron chi connectivity index (χ4n) is 3.16. The highest BCUT2D eigenvalue weighted by Gasteiger charge is 2.29. The molecule has 4 nitrogen and oxygen atoms in total. The number of aromatic hydroxyl groups is 1. The van der Waals surface area contributed by atoms with Gasteiger partial charge in [-0.05, 0) is 38.4 Å². The number of benzene rings is 1. The molecular weight excluding hydrogens is 276 g/mol. The van der Waals surface area contributed by atoms with E-state index in [2.05, 4.69) is 11.9 Å². The lowest BCUT2D eigenvalue weighted by molar-refractivity contribution is 0.190. The summed E-state index contributed by atoms with van der Waals surface area (Å²) in [7, 11) is 3.60. The third-order valence-corrected chi connectivity index (χ3v) is 4.46. The Morgan fingerprint density at radius 2 is 2.20 bits per heavy atom. The second-order valence-corrected chi connectivity index (χ2v) is 5.96. The van der Waals surface area contributed by atoms with E-state index in [9.17, 15) is 5.11 Å². The van der Waals surface area contributed by atoms with Crippen LogP contribution in [0.25, 0.3) is 0 Å². The molecule has 0 aromatic heterocycles. The Hall–Kier alpha value is -0.970. The molecule has 112 valence electrons. The van der Waals surface area contributed by atoms with Gasteiger partial charge in [-0.2, -0.15) is 0 Å². The summed E-state index contributed by atoms with van der Waals surface area (Å²) < 4.78 is 5.14. The fourth-order valence-corrected chi connectivity index (χ4v) is 3.39. The number of rotatable bonds is 5. The third-order valence-electron chi connectivity index (χ3n) is 4.25. The van der Waals surface area contributed by atoms with Crippen molar-refractivity contribution in [3.05, 3.63) is 22.7 Å². The van der Waals surface area contributed by atoms with Crippen LogP contribution >= 0.6 is 11.6 Å². The molecule has 1 fully saturated rings. The van der Waals surface area contributed by atoms with Gasteiger partial charge in [0.15, 0.2) is 11.5 Å². The number of hydrogen-bond acceptors (Lipinski definition) is 4. The standard InChI is InChI=1S/C15H23ClN2O2/c1-18(13-5-3-4-10(13)8-17)9-11-6-12(16)7-14(20-2)15(11)19/h6-7,10,13,19H,3-5,8-9,17H2,1-2H3. The predicted octanol–water partition coefficient (Wildman–Crippen LogP) is 2.61. The van der Waals surface area contributed by atoms with Crippen LogP contribution in [0.15, 0.2) is 12.1 Å². The number of hydrogen-bond donors (Lipinski definition) is 2. The first-order valence-electron chi connectivity index (χ1n) is 7.02. The highest BCUT2D eigenvalue weighted by atomic mass is 35.5. The summed E-state index contributed by atoms with van der Waals surface area (Å²) in [6.45, 7) is 1.36. The van der Waals surface area contributed by atoms with Crippen LogP contribution in [0.1, 0.15) is 24.8 Å².